The van der Waals surface area contributed by atoms with Gasteiger partial charge in [0.25, 0.3) is 0 Å². The van der Waals surface area contributed by atoms with Crippen LogP contribution in [0.15, 0.2) is 40.1 Å². The summed E-state index contributed by atoms with van der Waals surface area (Å²) in [5.74, 6) is 0.279. The van der Waals surface area contributed by atoms with Gasteiger partial charge in [-0.1, -0.05) is 17.7 Å². The second kappa shape index (κ2) is 9.38. The maximum Gasteiger partial charge on any atom is 0.453 e. The number of sulfonamides is 1. The molecule has 2 atom stereocenters. The highest BCUT2D eigenvalue weighted by Gasteiger charge is 2.56. The number of urea groups is 1. The number of amides is 3. The normalized spacial score (nSPS) is 24.1. The Hall–Kier alpha value is -2.58. The molecule has 3 amide bonds. The number of quaternary nitrogens is 1. The summed E-state index contributed by atoms with van der Waals surface area (Å²) in [4.78, 5) is 28.1. The molecule has 1 aromatic heterocycles. The molecule has 4 heterocycles. The van der Waals surface area contributed by atoms with Crippen LogP contribution < -0.4 is 16.1 Å². The van der Waals surface area contributed by atoms with Crippen molar-refractivity contribution in [3.8, 4) is 0 Å². The van der Waals surface area contributed by atoms with Gasteiger partial charge in [0.05, 0.1) is 18.3 Å². The molecule has 5 rings (SSSR count). The molecule has 3 aliphatic heterocycles. The van der Waals surface area contributed by atoms with Crippen LogP contribution in [0.5, 0.6) is 0 Å². The zero-order valence-electron chi connectivity index (χ0n) is 19.9. The molecule has 194 valence electrons. The molecular formula is C22H28ClN6O5S2+. The fourth-order valence-corrected chi connectivity index (χ4v) is 8.52. The van der Waals surface area contributed by atoms with E-state index in [9.17, 15) is 18.0 Å². The van der Waals surface area contributed by atoms with Gasteiger partial charge in [0.2, 0.25) is 11.8 Å². The highest BCUT2D eigenvalue weighted by atomic mass is 35.5. The van der Waals surface area contributed by atoms with Crippen LogP contribution in [0.25, 0.3) is 10.1 Å². The lowest BCUT2D eigenvalue weighted by atomic mass is 10.1. The Morgan fingerprint density at radius 2 is 2.11 bits per heavy atom. The van der Waals surface area contributed by atoms with E-state index in [4.69, 9.17) is 16.3 Å². The van der Waals surface area contributed by atoms with Gasteiger partial charge >= 0.3 is 16.1 Å². The quantitative estimate of drug-likeness (QED) is 0.487. The lowest BCUT2D eigenvalue weighted by Gasteiger charge is -2.42. The number of hydrogen-bond donors (Lipinski definition) is 3. The number of ether oxygens (including phenoxy) is 1. The number of hydrazine groups is 1. The van der Waals surface area contributed by atoms with Crippen LogP contribution in [0, 0.1) is 0 Å². The Balaban J connectivity index is 1.55. The van der Waals surface area contributed by atoms with E-state index in [1.165, 1.54) is 9.91 Å². The minimum absolute atomic E-state index is 0.0199. The molecule has 11 nitrogen and oxygen atoms in total. The summed E-state index contributed by atoms with van der Waals surface area (Å²) in [6.07, 6.45) is 0.587. The van der Waals surface area contributed by atoms with Gasteiger partial charge in [-0.15, -0.1) is 15.2 Å². The molecule has 0 bridgehead atoms. The molecule has 3 N–H and O–H groups in total. The second-order valence-electron chi connectivity index (χ2n) is 9.23. The third kappa shape index (κ3) is 4.28. The summed E-state index contributed by atoms with van der Waals surface area (Å²) in [7, 11) is -0.916. The molecule has 2 aromatic rings. The van der Waals surface area contributed by atoms with E-state index in [0.29, 0.717) is 24.1 Å². The van der Waals surface area contributed by atoms with Crippen LogP contribution in [0.1, 0.15) is 12.8 Å². The standard InChI is InChI=1S/C22H28ClN6O5S2/c1-27(2)19(30)11-16-12-29(8-6-24-16,22(31)28-7-5-17-21(26-28)34-13-25-17)36(32,33)20-9-14-3-4-15(23)10-18(14)35-20/h3-4,9-10,16,24-26H,5-8,11-13H2,1-2H3/q+1. The van der Waals surface area contributed by atoms with Crippen molar-refractivity contribution >= 4 is 55.0 Å². The van der Waals surface area contributed by atoms with Gasteiger partial charge in [-0.25, -0.2) is 9.80 Å². The fourth-order valence-electron chi connectivity index (χ4n) is 4.70. The lowest BCUT2D eigenvalue weighted by molar-refractivity contribution is -0.733. The first-order valence-electron chi connectivity index (χ1n) is 11.5. The third-order valence-electron chi connectivity index (χ3n) is 6.69. The van der Waals surface area contributed by atoms with Crippen molar-refractivity contribution in [3.05, 3.63) is 40.9 Å². The largest absolute Gasteiger partial charge is 0.456 e. The van der Waals surface area contributed by atoms with E-state index in [-0.39, 0.29) is 42.7 Å². The molecule has 1 saturated heterocycles. The number of nitrogens with zero attached hydrogens (tertiary/aromatic N) is 3. The Kier molecular flexibility index (Phi) is 6.53. The number of halogens is 1. The number of thiophene rings is 1. The van der Waals surface area contributed by atoms with Crippen LogP contribution in [0.4, 0.5) is 4.79 Å². The van der Waals surface area contributed by atoms with Crippen molar-refractivity contribution in [2.75, 3.05) is 47.0 Å². The molecule has 36 heavy (non-hydrogen) atoms. The van der Waals surface area contributed by atoms with E-state index >= 15 is 0 Å². The van der Waals surface area contributed by atoms with E-state index in [2.05, 4.69) is 16.1 Å². The number of carbonyl (C=O) groups is 2. The van der Waals surface area contributed by atoms with Gasteiger partial charge in [0.1, 0.15) is 13.1 Å². The highest BCUT2D eigenvalue weighted by molar-refractivity contribution is 7.88. The Morgan fingerprint density at radius 3 is 2.89 bits per heavy atom. The summed E-state index contributed by atoms with van der Waals surface area (Å²) < 4.78 is 34.2. The van der Waals surface area contributed by atoms with E-state index in [0.717, 1.165) is 27.1 Å². The predicted molar refractivity (Wildman–Crippen MR) is 135 cm³/mol. The number of rotatable bonds is 4. The van der Waals surface area contributed by atoms with Crippen LogP contribution in [0.3, 0.4) is 0 Å². The van der Waals surface area contributed by atoms with Crippen molar-refractivity contribution in [3.63, 3.8) is 0 Å². The smallest absolute Gasteiger partial charge is 0.453 e. The van der Waals surface area contributed by atoms with Crippen LogP contribution in [-0.4, -0.2) is 87.2 Å². The third-order valence-corrected chi connectivity index (χ3v) is 10.7. The van der Waals surface area contributed by atoms with Gasteiger partial charge in [-0.3, -0.25) is 10.2 Å². The average Bonchev–Trinajstić information content (AvgIpc) is 3.49. The van der Waals surface area contributed by atoms with Crippen molar-refractivity contribution in [1.82, 2.24) is 26.0 Å². The predicted octanol–water partition coefficient (Wildman–Crippen LogP) is 1.59. The van der Waals surface area contributed by atoms with E-state index in [1.54, 1.807) is 38.4 Å². The van der Waals surface area contributed by atoms with Crippen molar-refractivity contribution in [2.45, 2.75) is 23.1 Å². The highest BCUT2D eigenvalue weighted by Crippen LogP contribution is 2.37. The van der Waals surface area contributed by atoms with Gasteiger partial charge in [-0.05, 0) is 23.6 Å². The zero-order valence-corrected chi connectivity index (χ0v) is 22.3. The molecule has 0 aliphatic carbocycles. The minimum Gasteiger partial charge on any atom is -0.456 e. The van der Waals surface area contributed by atoms with Gasteiger partial charge < -0.3 is 20.3 Å². The van der Waals surface area contributed by atoms with Crippen molar-refractivity contribution in [2.24, 2.45) is 0 Å². The van der Waals surface area contributed by atoms with E-state index < -0.39 is 26.0 Å². The second-order valence-corrected chi connectivity index (χ2v) is 13.1. The number of nitrogens with one attached hydrogen (secondary N) is 3. The minimum atomic E-state index is -4.21. The number of carbonyl (C=O) groups excluding carboxylic acids is 2. The summed E-state index contributed by atoms with van der Waals surface area (Å²) in [6, 6.07) is 5.68. The molecule has 0 spiro atoms. The Labute approximate surface area is 218 Å². The molecule has 0 radical (unpaired) electrons. The number of benzene rings is 1. The van der Waals surface area contributed by atoms with Crippen molar-refractivity contribution < 1.29 is 26.6 Å². The molecular weight excluding hydrogens is 528 g/mol. The monoisotopic (exact) mass is 555 g/mol. The molecule has 3 aliphatic rings. The summed E-state index contributed by atoms with van der Waals surface area (Å²) >= 11 is 7.22. The first kappa shape index (κ1) is 25.1. The fraction of sp³-hybridized carbons (Fsp3) is 0.455. The average molecular weight is 556 g/mol. The summed E-state index contributed by atoms with van der Waals surface area (Å²) in [5, 5.41) is 8.89. The van der Waals surface area contributed by atoms with Crippen LogP contribution in [0.2, 0.25) is 5.02 Å². The lowest BCUT2D eigenvalue weighted by Crippen LogP contribution is -2.71. The van der Waals surface area contributed by atoms with Gasteiger partial charge in [0, 0.05) is 43.2 Å². The summed E-state index contributed by atoms with van der Waals surface area (Å²) in [5.41, 5.74) is 3.81. The Bertz CT molecular complexity index is 1360. The first-order chi connectivity index (χ1) is 17.1. The molecule has 1 aromatic carbocycles. The van der Waals surface area contributed by atoms with Crippen molar-refractivity contribution in [1.29, 1.82) is 0 Å². The molecule has 0 saturated carbocycles. The van der Waals surface area contributed by atoms with Gasteiger partial charge in [0.15, 0.2) is 10.9 Å². The molecule has 1 fully saturated rings. The van der Waals surface area contributed by atoms with Crippen LogP contribution >= 0.6 is 22.9 Å². The number of piperazine rings is 1. The summed E-state index contributed by atoms with van der Waals surface area (Å²) in [6.45, 7) is 0.763. The number of hydrogen-bond acceptors (Lipinski definition) is 9. The SMILES string of the molecule is CN(C)C(=O)CC1C[N+](C(=O)N2CCC3=C(N2)OCN3)(S(=O)(=O)c2cc3ccc(Cl)cc3s2)CCN1. The first-order valence-corrected chi connectivity index (χ1v) is 14.2. The number of fused-ring (bicyclic) bond motifs is 1. The van der Waals surface area contributed by atoms with Gasteiger partial charge in [-0.2, -0.15) is 8.42 Å². The van der Waals surface area contributed by atoms with E-state index in [1.807, 2.05) is 0 Å². The topological polar surface area (TPSA) is 120 Å². The van der Waals surface area contributed by atoms with Crippen LogP contribution in [-0.2, 0) is 19.6 Å². The maximum absolute atomic E-state index is 14.3. The molecule has 14 heteroatoms. The molecule has 2 unspecified atom stereocenters. The zero-order chi connectivity index (χ0) is 25.7. The maximum atomic E-state index is 14.3. The Morgan fingerprint density at radius 1 is 1.31 bits per heavy atom.